The third-order valence-electron chi connectivity index (χ3n) is 4.52. The van der Waals surface area contributed by atoms with Gasteiger partial charge in [-0.1, -0.05) is 51.0 Å². The van der Waals surface area contributed by atoms with Crippen molar-refractivity contribution < 1.29 is 0 Å². The highest BCUT2D eigenvalue weighted by Gasteiger charge is 2.21. The summed E-state index contributed by atoms with van der Waals surface area (Å²) in [6.07, 6.45) is 17.4. The van der Waals surface area contributed by atoms with E-state index in [1.54, 1.807) is 0 Å². The average molecular weight is 266 g/mol. The third kappa shape index (κ3) is 4.33. The minimum atomic E-state index is 0.924. The van der Waals surface area contributed by atoms with E-state index in [9.17, 15) is 0 Å². The van der Waals surface area contributed by atoms with Crippen molar-refractivity contribution in [2.24, 2.45) is 5.92 Å². The molecule has 1 atom stereocenters. The van der Waals surface area contributed by atoms with Crippen LogP contribution in [0.5, 0.6) is 0 Å². The predicted octanol–water partition coefficient (Wildman–Crippen LogP) is 6.32. The van der Waals surface area contributed by atoms with E-state index in [1.165, 1.54) is 82.8 Å². The number of thioether (sulfide) groups is 1. The lowest BCUT2D eigenvalue weighted by molar-refractivity contribution is 0.485. The van der Waals surface area contributed by atoms with Gasteiger partial charge in [-0.2, -0.15) is 0 Å². The van der Waals surface area contributed by atoms with Crippen molar-refractivity contribution in [2.75, 3.05) is 5.75 Å². The highest BCUT2D eigenvalue weighted by Crippen LogP contribution is 2.41. The van der Waals surface area contributed by atoms with E-state index in [0.29, 0.717) is 0 Å². The lowest BCUT2D eigenvalue weighted by atomic mass is 9.91. The van der Waals surface area contributed by atoms with Gasteiger partial charge in [0.15, 0.2) is 0 Å². The maximum absolute atomic E-state index is 2.36. The van der Waals surface area contributed by atoms with Crippen molar-refractivity contribution in [1.29, 1.82) is 0 Å². The molecule has 0 amide bonds. The Bertz CT molecular complexity index is 267. The molecule has 0 saturated heterocycles. The lowest BCUT2D eigenvalue weighted by Crippen LogP contribution is -2.09. The summed E-state index contributed by atoms with van der Waals surface area (Å²) in [7, 11) is 0. The molecule has 2 aliphatic rings. The number of hydrogen-bond acceptors (Lipinski definition) is 1. The van der Waals surface area contributed by atoms with Gasteiger partial charge in [-0.05, 0) is 55.1 Å². The van der Waals surface area contributed by atoms with Crippen molar-refractivity contribution in [3.63, 3.8) is 0 Å². The summed E-state index contributed by atoms with van der Waals surface area (Å²) in [6.45, 7) is 2.36. The van der Waals surface area contributed by atoms with Crippen molar-refractivity contribution in [3.05, 3.63) is 10.5 Å². The van der Waals surface area contributed by atoms with E-state index in [-0.39, 0.29) is 0 Å². The fourth-order valence-electron chi connectivity index (χ4n) is 3.54. The largest absolute Gasteiger partial charge is 0.130 e. The summed E-state index contributed by atoms with van der Waals surface area (Å²) in [4.78, 5) is 1.85. The Kier molecular flexibility index (Phi) is 6.68. The first-order valence-electron chi connectivity index (χ1n) is 8.26. The molecular formula is C17H30S. The fourth-order valence-corrected chi connectivity index (χ4v) is 4.93. The van der Waals surface area contributed by atoms with Crippen LogP contribution in [0.1, 0.15) is 84.0 Å². The molecule has 104 valence electrons. The summed E-state index contributed by atoms with van der Waals surface area (Å²) >= 11 is 2.22. The molecule has 1 aliphatic carbocycles. The molecular weight excluding hydrogens is 236 g/mol. The first kappa shape index (κ1) is 14.5. The van der Waals surface area contributed by atoms with Crippen LogP contribution < -0.4 is 0 Å². The van der Waals surface area contributed by atoms with Crippen LogP contribution in [0.15, 0.2) is 10.5 Å². The van der Waals surface area contributed by atoms with E-state index < -0.39 is 0 Å². The summed E-state index contributed by atoms with van der Waals surface area (Å²) in [5, 5.41) is 0. The van der Waals surface area contributed by atoms with E-state index >= 15 is 0 Å². The Morgan fingerprint density at radius 2 is 1.67 bits per heavy atom. The third-order valence-corrected chi connectivity index (χ3v) is 5.94. The normalized spacial score (nSPS) is 27.5. The number of rotatable bonds is 2. The van der Waals surface area contributed by atoms with E-state index in [2.05, 4.69) is 18.7 Å². The summed E-state index contributed by atoms with van der Waals surface area (Å²) < 4.78 is 0. The van der Waals surface area contributed by atoms with Crippen LogP contribution in [-0.4, -0.2) is 5.75 Å². The molecule has 0 fully saturated rings. The fraction of sp³-hybridized carbons (Fsp3) is 0.882. The van der Waals surface area contributed by atoms with Gasteiger partial charge in [0.1, 0.15) is 0 Å². The minimum Gasteiger partial charge on any atom is -0.130 e. The van der Waals surface area contributed by atoms with E-state index in [4.69, 9.17) is 0 Å². The molecule has 1 heterocycles. The Labute approximate surface area is 118 Å². The smallest absolute Gasteiger partial charge is 0.00201 e. The van der Waals surface area contributed by atoms with Crippen molar-refractivity contribution in [2.45, 2.75) is 84.0 Å². The maximum atomic E-state index is 2.36. The summed E-state index contributed by atoms with van der Waals surface area (Å²) in [5.74, 6) is 2.31. The van der Waals surface area contributed by atoms with Crippen LogP contribution in [0, 0.1) is 5.92 Å². The second kappa shape index (κ2) is 8.30. The average Bonchev–Trinajstić information content (AvgIpc) is 2.44. The highest BCUT2D eigenvalue weighted by molar-refractivity contribution is 8.03. The second-order valence-electron chi connectivity index (χ2n) is 6.07. The van der Waals surface area contributed by atoms with E-state index in [0.717, 1.165) is 5.92 Å². The molecule has 1 aliphatic heterocycles. The van der Waals surface area contributed by atoms with Gasteiger partial charge in [0.25, 0.3) is 0 Å². The Balaban J connectivity index is 2.09. The maximum Gasteiger partial charge on any atom is -0.00201 e. The Morgan fingerprint density at radius 3 is 2.50 bits per heavy atom. The van der Waals surface area contributed by atoms with Crippen molar-refractivity contribution in [1.82, 2.24) is 0 Å². The molecule has 0 aromatic carbocycles. The first-order valence-corrected chi connectivity index (χ1v) is 9.25. The van der Waals surface area contributed by atoms with Gasteiger partial charge in [0.2, 0.25) is 0 Å². The van der Waals surface area contributed by atoms with Crippen LogP contribution in [-0.2, 0) is 0 Å². The zero-order valence-electron chi connectivity index (χ0n) is 12.2. The molecule has 0 saturated carbocycles. The number of hydrogen-bond donors (Lipinski definition) is 0. The highest BCUT2D eigenvalue weighted by atomic mass is 32.2. The molecule has 18 heavy (non-hydrogen) atoms. The molecule has 0 nitrogen and oxygen atoms in total. The molecule has 0 spiro atoms. The predicted molar refractivity (Wildman–Crippen MR) is 84.1 cm³/mol. The van der Waals surface area contributed by atoms with Crippen LogP contribution >= 0.6 is 11.8 Å². The van der Waals surface area contributed by atoms with Crippen LogP contribution in [0.3, 0.4) is 0 Å². The van der Waals surface area contributed by atoms with Gasteiger partial charge < -0.3 is 0 Å². The standard InChI is InChI=1S/C17H30S/c1-2-10-15-11-7-5-3-4-6-8-12-16-13-9-14-18-17(15)16/h15H,2-14H2,1H3. The zero-order chi connectivity index (χ0) is 12.6. The van der Waals surface area contributed by atoms with Crippen LogP contribution in [0.2, 0.25) is 0 Å². The Hall–Kier alpha value is 0.0900. The van der Waals surface area contributed by atoms with Crippen molar-refractivity contribution >= 4 is 11.8 Å². The molecule has 0 radical (unpaired) electrons. The number of allylic oxidation sites excluding steroid dienone is 2. The first-order chi connectivity index (χ1) is 8.92. The summed E-state index contributed by atoms with van der Waals surface area (Å²) in [6, 6.07) is 0. The van der Waals surface area contributed by atoms with Gasteiger partial charge in [0.05, 0.1) is 0 Å². The van der Waals surface area contributed by atoms with Gasteiger partial charge in [-0.25, -0.2) is 0 Å². The summed E-state index contributed by atoms with van der Waals surface area (Å²) in [5.41, 5.74) is 1.87. The van der Waals surface area contributed by atoms with Crippen LogP contribution in [0.25, 0.3) is 0 Å². The molecule has 1 heteroatoms. The topological polar surface area (TPSA) is 0 Å². The molecule has 0 aromatic rings. The van der Waals surface area contributed by atoms with Gasteiger partial charge >= 0.3 is 0 Å². The monoisotopic (exact) mass is 266 g/mol. The molecule has 0 aromatic heterocycles. The molecule has 0 bridgehead atoms. The van der Waals surface area contributed by atoms with Gasteiger partial charge in [-0.15, -0.1) is 11.8 Å². The van der Waals surface area contributed by atoms with Gasteiger partial charge in [0, 0.05) is 0 Å². The van der Waals surface area contributed by atoms with E-state index in [1.807, 2.05) is 10.5 Å². The molecule has 1 unspecified atom stereocenters. The SMILES string of the molecule is CCCC1CCCCCCCCC2=C1SCCC2. The molecule has 0 N–H and O–H groups in total. The molecule has 2 rings (SSSR count). The quantitative estimate of drug-likeness (QED) is 0.563. The minimum absolute atomic E-state index is 0.924. The second-order valence-corrected chi connectivity index (χ2v) is 7.20. The zero-order valence-corrected chi connectivity index (χ0v) is 13.0. The van der Waals surface area contributed by atoms with Crippen molar-refractivity contribution in [3.8, 4) is 0 Å². The van der Waals surface area contributed by atoms with Crippen LogP contribution in [0.4, 0.5) is 0 Å². The Morgan fingerprint density at radius 1 is 0.944 bits per heavy atom. The van der Waals surface area contributed by atoms with Gasteiger partial charge in [-0.3, -0.25) is 0 Å². The lowest BCUT2D eigenvalue weighted by Gasteiger charge is -2.27.